The Hall–Kier alpha value is -3.57. The van der Waals surface area contributed by atoms with E-state index in [0.29, 0.717) is 30.2 Å². The molecule has 0 saturated carbocycles. The predicted molar refractivity (Wildman–Crippen MR) is 127 cm³/mol. The van der Waals surface area contributed by atoms with Crippen LogP contribution >= 0.6 is 22.7 Å². The van der Waals surface area contributed by atoms with Crippen molar-refractivity contribution in [3.8, 4) is 11.5 Å². The molecule has 2 aromatic heterocycles. The maximum Gasteiger partial charge on any atom is 0.315 e. The van der Waals surface area contributed by atoms with Gasteiger partial charge in [0, 0.05) is 9.75 Å². The number of carboxylic acid groups (broad SMARTS) is 1. The third-order valence-electron chi connectivity index (χ3n) is 5.09. The van der Waals surface area contributed by atoms with Crippen molar-refractivity contribution in [2.24, 2.45) is 0 Å². The van der Waals surface area contributed by atoms with Gasteiger partial charge < -0.3 is 30.1 Å². The van der Waals surface area contributed by atoms with Crippen LogP contribution in [0.15, 0.2) is 53.2 Å². The molecule has 4 rings (SSSR count). The van der Waals surface area contributed by atoms with Crippen LogP contribution < -0.4 is 20.1 Å². The highest BCUT2D eigenvalue weighted by atomic mass is 32.1. The van der Waals surface area contributed by atoms with E-state index in [1.54, 1.807) is 45.8 Å². The van der Waals surface area contributed by atoms with Crippen LogP contribution in [0.25, 0.3) is 0 Å². The van der Waals surface area contributed by atoms with Crippen molar-refractivity contribution < 1.29 is 29.0 Å². The van der Waals surface area contributed by atoms with Crippen LogP contribution in [-0.2, 0) is 22.7 Å². The monoisotopic (exact) mass is 501 g/mol. The number of hydrogen-bond donors (Lipinski definition) is 3. The number of amides is 3. The molecule has 0 spiro atoms. The SMILES string of the molecule is O=C(O)C[C@H](NC(=O)NCC(=O)N(Cc1cccs1)Cc1cccs1)c1ccc2c(c1)OCO2. The van der Waals surface area contributed by atoms with Gasteiger partial charge in [-0.2, -0.15) is 0 Å². The van der Waals surface area contributed by atoms with Gasteiger partial charge in [0.2, 0.25) is 12.7 Å². The van der Waals surface area contributed by atoms with Gasteiger partial charge in [0.1, 0.15) is 0 Å². The second-order valence-electron chi connectivity index (χ2n) is 7.50. The number of nitrogens with one attached hydrogen (secondary N) is 2. The zero-order valence-electron chi connectivity index (χ0n) is 18.1. The Labute approximate surface area is 203 Å². The molecular formula is C23H23N3O6S2. The van der Waals surface area contributed by atoms with Gasteiger partial charge in [-0.05, 0) is 40.6 Å². The van der Waals surface area contributed by atoms with E-state index in [-0.39, 0.29) is 25.7 Å². The molecule has 11 heteroatoms. The molecule has 1 atom stereocenters. The predicted octanol–water partition coefficient (Wildman–Crippen LogP) is 3.58. The Balaban J connectivity index is 1.37. The smallest absolute Gasteiger partial charge is 0.315 e. The fourth-order valence-corrected chi connectivity index (χ4v) is 4.89. The van der Waals surface area contributed by atoms with E-state index in [4.69, 9.17) is 9.47 Å². The third-order valence-corrected chi connectivity index (χ3v) is 6.81. The summed E-state index contributed by atoms with van der Waals surface area (Å²) in [5, 5.41) is 18.4. The first-order valence-electron chi connectivity index (χ1n) is 10.5. The van der Waals surface area contributed by atoms with E-state index in [2.05, 4.69) is 10.6 Å². The molecule has 178 valence electrons. The molecule has 0 aliphatic carbocycles. The zero-order chi connectivity index (χ0) is 23.9. The number of benzene rings is 1. The number of ether oxygens (including phenoxy) is 2. The number of carbonyl (C=O) groups excluding carboxylic acids is 2. The van der Waals surface area contributed by atoms with Crippen molar-refractivity contribution in [3.63, 3.8) is 0 Å². The number of nitrogens with zero attached hydrogens (tertiary/aromatic N) is 1. The van der Waals surface area contributed by atoms with Gasteiger partial charge >= 0.3 is 12.0 Å². The molecule has 3 N–H and O–H groups in total. The fourth-order valence-electron chi connectivity index (χ4n) is 3.45. The van der Waals surface area contributed by atoms with Crippen molar-refractivity contribution in [1.29, 1.82) is 0 Å². The molecule has 0 radical (unpaired) electrons. The molecular weight excluding hydrogens is 478 g/mol. The van der Waals surface area contributed by atoms with Crippen molar-refractivity contribution in [1.82, 2.24) is 15.5 Å². The number of aliphatic carboxylic acids is 1. The first-order valence-corrected chi connectivity index (χ1v) is 12.2. The van der Waals surface area contributed by atoms with Crippen LogP contribution in [0.3, 0.4) is 0 Å². The first-order chi connectivity index (χ1) is 16.5. The second-order valence-corrected chi connectivity index (χ2v) is 9.56. The fraction of sp³-hybridized carbons (Fsp3) is 0.261. The molecule has 3 aromatic rings. The summed E-state index contributed by atoms with van der Waals surface area (Å²) in [4.78, 5) is 40.6. The average molecular weight is 502 g/mol. The quantitative estimate of drug-likeness (QED) is 0.391. The lowest BCUT2D eigenvalue weighted by Gasteiger charge is -2.23. The number of rotatable bonds is 10. The van der Waals surface area contributed by atoms with Crippen molar-refractivity contribution in [2.45, 2.75) is 25.6 Å². The summed E-state index contributed by atoms with van der Waals surface area (Å²) < 4.78 is 10.6. The summed E-state index contributed by atoms with van der Waals surface area (Å²) in [5.41, 5.74) is 0.560. The minimum absolute atomic E-state index is 0.0891. The van der Waals surface area contributed by atoms with Crippen molar-refractivity contribution >= 4 is 40.6 Å². The Morgan fingerprint density at radius 1 is 1.00 bits per heavy atom. The van der Waals surface area contributed by atoms with Gasteiger partial charge in [0.15, 0.2) is 11.5 Å². The summed E-state index contributed by atoms with van der Waals surface area (Å²) in [6.45, 7) is 0.752. The first kappa shape index (κ1) is 23.6. The summed E-state index contributed by atoms with van der Waals surface area (Å²) >= 11 is 3.12. The van der Waals surface area contributed by atoms with Gasteiger partial charge in [-0.25, -0.2) is 4.79 Å². The Morgan fingerprint density at radius 2 is 1.68 bits per heavy atom. The van der Waals surface area contributed by atoms with Crippen molar-refractivity contribution in [3.05, 3.63) is 68.5 Å². The largest absolute Gasteiger partial charge is 0.481 e. The molecule has 3 amide bonds. The Morgan fingerprint density at radius 3 is 2.29 bits per heavy atom. The third kappa shape index (κ3) is 6.27. The number of carbonyl (C=O) groups is 3. The van der Waals surface area contributed by atoms with E-state index >= 15 is 0 Å². The highest BCUT2D eigenvalue weighted by Gasteiger charge is 2.23. The second kappa shape index (κ2) is 11.0. The molecule has 0 unspecified atom stereocenters. The lowest BCUT2D eigenvalue weighted by Crippen LogP contribution is -2.44. The lowest BCUT2D eigenvalue weighted by atomic mass is 10.0. The summed E-state index contributed by atoms with van der Waals surface area (Å²) in [6.07, 6.45) is -0.329. The topological polar surface area (TPSA) is 117 Å². The minimum atomic E-state index is -1.07. The van der Waals surface area contributed by atoms with Gasteiger partial charge in [-0.15, -0.1) is 22.7 Å². The van der Waals surface area contributed by atoms with E-state index in [9.17, 15) is 19.5 Å². The van der Waals surface area contributed by atoms with Crippen molar-refractivity contribution in [2.75, 3.05) is 13.3 Å². The molecule has 1 aliphatic rings. The normalized spacial score (nSPS) is 12.7. The Kier molecular flexibility index (Phi) is 7.65. The molecule has 1 aliphatic heterocycles. The maximum absolute atomic E-state index is 12.9. The number of urea groups is 1. The van der Waals surface area contributed by atoms with E-state index in [1.165, 1.54) is 0 Å². The molecule has 3 heterocycles. The van der Waals surface area contributed by atoms with E-state index in [1.807, 2.05) is 35.0 Å². The number of carboxylic acids is 1. The van der Waals surface area contributed by atoms with Crippen LogP contribution in [0, 0.1) is 0 Å². The van der Waals surface area contributed by atoms with Crippen LogP contribution in [0.4, 0.5) is 4.79 Å². The number of hydrogen-bond acceptors (Lipinski definition) is 7. The molecule has 0 saturated heterocycles. The standard InChI is InChI=1S/C23H23N3O6S2/c27-21(26(12-16-3-1-7-33-16)13-17-4-2-8-34-17)11-24-23(30)25-18(10-22(28)29)15-5-6-19-20(9-15)32-14-31-19/h1-9,18H,10-14H2,(H,28,29)(H2,24,25,30)/t18-/m0/s1. The summed E-state index contributed by atoms with van der Waals surface area (Å²) in [7, 11) is 0. The molecule has 9 nitrogen and oxygen atoms in total. The average Bonchev–Trinajstić information content (AvgIpc) is 3.58. The Bertz CT molecular complexity index is 1100. The van der Waals surface area contributed by atoms with Crippen LogP contribution in [0.1, 0.15) is 27.8 Å². The van der Waals surface area contributed by atoms with E-state index in [0.717, 1.165) is 9.75 Å². The minimum Gasteiger partial charge on any atom is -0.481 e. The molecule has 0 bridgehead atoms. The zero-order valence-corrected chi connectivity index (χ0v) is 19.7. The molecule has 34 heavy (non-hydrogen) atoms. The van der Waals surface area contributed by atoms with Crippen LogP contribution in [-0.4, -0.2) is 41.3 Å². The number of fused-ring (bicyclic) bond motifs is 1. The summed E-state index contributed by atoms with van der Waals surface area (Å²) in [6, 6.07) is 11.3. The van der Waals surface area contributed by atoms with Gasteiger partial charge in [0.25, 0.3) is 0 Å². The summed E-state index contributed by atoms with van der Waals surface area (Å²) in [5.74, 6) is -0.264. The van der Waals surface area contributed by atoms with Gasteiger partial charge in [0.05, 0.1) is 32.1 Å². The highest BCUT2D eigenvalue weighted by molar-refractivity contribution is 7.10. The lowest BCUT2D eigenvalue weighted by molar-refractivity contribution is -0.137. The van der Waals surface area contributed by atoms with E-state index < -0.39 is 18.0 Å². The van der Waals surface area contributed by atoms with Gasteiger partial charge in [-0.1, -0.05) is 18.2 Å². The number of thiophene rings is 2. The highest BCUT2D eigenvalue weighted by Crippen LogP contribution is 2.34. The van der Waals surface area contributed by atoms with Gasteiger partial charge in [-0.3, -0.25) is 9.59 Å². The van der Waals surface area contributed by atoms with Crippen LogP contribution in [0.5, 0.6) is 11.5 Å². The van der Waals surface area contributed by atoms with Crippen LogP contribution in [0.2, 0.25) is 0 Å². The maximum atomic E-state index is 12.9. The molecule has 0 fully saturated rings. The molecule has 1 aromatic carbocycles.